The van der Waals surface area contributed by atoms with Gasteiger partial charge in [0.1, 0.15) is 5.75 Å². The summed E-state index contributed by atoms with van der Waals surface area (Å²) in [4.78, 5) is 13.9. The summed E-state index contributed by atoms with van der Waals surface area (Å²) in [5.74, 6) is 0.376. The van der Waals surface area contributed by atoms with Gasteiger partial charge in [-0.25, -0.2) is 0 Å². The average Bonchev–Trinajstić information content (AvgIpc) is 2.47. The number of morpholine rings is 1. The van der Waals surface area contributed by atoms with E-state index in [1.165, 1.54) is 0 Å². The number of ether oxygens (including phenoxy) is 2. The number of halogens is 2. The normalized spacial score (nSPS) is 14.6. The number of thiocarbonyl (C=S) groups is 1. The van der Waals surface area contributed by atoms with Crippen LogP contribution in [0.25, 0.3) is 0 Å². The first kappa shape index (κ1) is 17.7. The Labute approximate surface area is 151 Å². The molecule has 1 saturated heterocycles. The number of carbonyl (C=O) groups is 1. The van der Waals surface area contributed by atoms with Crippen molar-refractivity contribution in [2.45, 2.75) is 6.92 Å². The first-order valence-corrected chi connectivity index (χ1v) is 8.71. The Kier molecular flexibility index (Phi) is 6.61. The van der Waals surface area contributed by atoms with Crippen LogP contribution in [0.1, 0.15) is 5.56 Å². The number of hydrogen-bond acceptors (Lipinski definition) is 4. The van der Waals surface area contributed by atoms with Gasteiger partial charge in [0, 0.05) is 17.6 Å². The van der Waals surface area contributed by atoms with E-state index in [0.29, 0.717) is 37.2 Å². The number of nitrogens with zero attached hydrogens (tertiary/aromatic N) is 1. The molecule has 0 atom stereocenters. The Hall–Kier alpha value is -0.700. The Morgan fingerprint density at radius 1 is 1.41 bits per heavy atom. The number of rotatable bonds is 3. The van der Waals surface area contributed by atoms with Crippen molar-refractivity contribution in [2.24, 2.45) is 0 Å². The highest BCUT2D eigenvalue weighted by molar-refractivity contribution is 9.11. The van der Waals surface area contributed by atoms with Crippen molar-refractivity contribution < 1.29 is 14.3 Å². The number of amides is 1. The molecule has 1 aliphatic rings. The van der Waals surface area contributed by atoms with Crippen molar-refractivity contribution in [1.29, 1.82) is 0 Å². The number of hydrogen-bond donors (Lipinski definition) is 1. The zero-order chi connectivity index (χ0) is 16.1. The first-order chi connectivity index (χ1) is 10.5. The molecule has 1 N–H and O–H groups in total. The number of carbonyl (C=O) groups excluding carboxylic acids is 1. The topological polar surface area (TPSA) is 50.8 Å². The lowest BCUT2D eigenvalue weighted by molar-refractivity contribution is -0.121. The highest BCUT2D eigenvalue weighted by Gasteiger charge is 2.16. The number of aryl methyl sites for hydroxylation is 1. The summed E-state index contributed by atoms with van der Waals surface area (Å²) in [5, 5.41) is 3.10. The second-order valence-corrected chi connectivity index (χ2v) is 6.93. The second-order valence-electron chi connectivity index (χ2n) is 4.78. The quantitative estimate of drug-likeness (QED) is 0.716. The van der Waals surface area contributed by atoms with Crippen LogP contribution < -0.4 is 10.1 Å². The van der Waals surface area contributed by atoms with Gasteiger partial charge in [-0.05, 0) is 52.8 Å². The molecule has 0 bridgehead atoms. The molecule has 1 aromatic rings. The van der Waals surface area contributed by atoms with Crippen molar-refractivity contribution in [3.8, 4) is 5.75 Å². The molecule has 8 heteroatoms. The Balaban J connectivity index is 1.86. The summed E-state index contributed by atoms with van der Waals surface area (Å²) in [6, 6.07) is 3.80. The van der Waals surface area contributed by atoms with Gasteiger partial charge in [0.15, 0.2) is 11.7 Å². The van der Waals surface area contributed by atoms with Gasteiger partial charge in [0.25, 0.3) is 5.91 Å². The monoisotopic (exact) mass is 450 g/mol. The molecule has 22 heavy (non-hydrogen) atoms. The third-order valence-electron chi connectivity index (χ3n) is 3.09. The average molecular weight is 452 g/mol. The minimum Gasteiger partial charge on any atom is -0.482 e. The lowest BCUT2D eigenvalue weighted by atomic mass is 10.2. The molecule has 0 aliphatic carbocycles. The fourth-order valence-electron chi connectivity index (χ4n) is 2.01. The molecule has 0 unspecified atom stereocenters. The van der Waals surface area contributed by atoms with Gasteiger partial charge in [0.2, 0.25) is 0 Å². The van der Waals surface area contributed by atoms with Crippen LogP contribution in [0, 0.1) is 6.92 Å². The smallest absolute Gasteiger partial charge is 0.264 e. The molecule has 0 radical (unpaired) electrons. The molecule has 2 rings (SSSR count). The minimum absolute atomic E-state index is 0.0917. The maximum Gasteiger partial charge on any atom is 0.264 e. The molecular formula is C14H16Br2N2O3S. The molecule has 1 aliphatic heterocycles. The highest BCUT2D eigenvalue weighted by atomic mass is 79.9. The second kappa shape index (κ2) is 8.24. The van der Waals surface area contributed by atoms with Gasteiger partial charge < -0.3 is 19.7 Å². The third-order valence-corrected chi connectivity index (χ3v) is 4.49. The SMILES string of the molecule is Cc1cc(Br)cc(Br)c1OCC(=O)NC(=S)N1CCOCC1. The minimum atomic E-state index is -0.272. The van der Waals surface area contributed by atoms with E-state index in [0.717, 1.165) is 14.5 Å². The molecule has 1 heterocycles. The molecule has 5 nitrogen and oxygen atoms in total. The van der Waals surface area contributed by atoms with Gasteiger partial charge >= 0.3 is 0 Å². The largest absolute Gasteiger partial charge is 0.482 e. The van der Waals surface area contributed by atoms with Gasteiger partial charge in [-0.3, -0.25) is 4.79 Å². The number of benzene rings is 1. The maximum atomic E-state index is 12.0. The van der Waals surface area contributed by atoms with Gasteiger partial charge in [-0.1, -0.05) is 15.9 Å². The van der Waals surface area contributed by atoms with Crippen molar-refractivity contribution in [2.75, 3.05) is 32.9 Å². The maximum absolute atomic E-state index is 12.0. The third kappa shape index (κ3) is 4.91. The molecule has 120 valence electrons. The predicted octanol–water partition coefficient (Wildman–Crippen LogP) is 2.63. The Morgan fingerprint density at radius 3 is 2.73 bits per heavy atom. The van der Waals surface area contributed by atoms with E-state index in [9.17, 15) is 4.79 Å². The van der Waals surface area contributed by atoms with Gasteiger partial charge in [-0.15, -0.1) is 0 Å². The summed E-state index contributed by atoms with van der Waals surface area (Å²) >= 11 is 12.1. The van der Waals surface area contributed by atoms with Crippen LogP contribution >= 0.6 is 44.1 Å². The van der Waals surface area contributed by atoms with E-state index < -0.39 is 0 Å². The van der Waals surface area contributed by atoms with Crippen LogP contribution in [-0.4, -0.2) is 48.8 Å². The van der Waals surface area contributed by atoms with Crippen LogP contribution in [0.3, 0.4) is 0 Å². The standard InChI is InChI=1S/C14H16Br2N2O3S/c1-9-6-10(15)7-11(16)13(9)21-8-12(19)17-14(22)18-2-4-20-5-3-18/h6-7H,2-5,8H2,1H3,(H,17,19,22). The highest BCUT2D eigenvalue weighted by Crippen LogP contribution is 2.32. The lowest BCUT2D eigenvalue weighted by Crippen LogP contribution is -2.48. The molecule has 1 amide bonds. The van der Waals surface area contributed by atoms with Crippen LogP contribution in [0.5, 0.6) is 5.75 Å². The van der Waals surface area contributed by atoms with Crippen LogP contribution in [0.2, 0.25) is 0 Å². The summed E-state index contributed by atoms with van der Waals surface area (Å²) in [7, 11) is 0. The molecule has 0 spiro atoms. The predicted molar refractivity (Wildman–Crippen MR) is 95.2 cm³/mol. The van der Waals surface area contributed by atoms with Crippen molar-refractivity contribution >= 4 is 55.1 Å². The van der Waals surface area contributed by atoms with E-state index in [4.69, 9.17) is 21.7 Å². The first-order valence-electron chi connectivity index (χ1n) is 6.72. The molecule has 0 aromatic heterocycles. The molecular weight excluding hydrogens is 436 g/mol. The Morgan fingerprint density at radius 2 is 2.09 bits per heavy atom. The van der Waals surface area contributed by atoms with E-state index in [2.05, 4.69) is 37.2 Å². The van der Waals surface area contributed by atoms with Crippen molar-refractivity contribution in [3.05, 3.63) is 26.6 Å². The summed E-state index contributed by atoms with van der Waals surface area (Å²) in [6.07, 6.45) is 0. The number of nitrogens with one attached hydrogen (secondary N) is 1. The fourth-order valence-corrected chi connectivity index (χ4v) is 3.86. The van der Waals surface area contributed by atoms with Crippen LogP contribution in [0.4, 0.5) is 0 Å². The summed E-state index contributed by atoms with van der Waals surface area (Å²) in [6.45, 7) is 4.45. The van der Waals surface area contributed by atoms with Crippen LogP contribution in [-0.2, 0) is 9.53 Å². The van der Waals surface area contributed by atoms with E-state index in [1.54, 1.807) is 0 Å². The van der Waals surface area contributed by atoms with Crippen molar-refractivity contribution in [1.82, 2.24) is 10.2 Å². The van der Waals surface area contributed by atoms with Gasteiger partial charge in [-0.2, -0.15) is 0 Å². The zero-order valence-corrected chi connectivity index (χ0v) is 16.0. The molecule has 1 aromatic carbocycles. The van der Waals surface area contributed by atoms with E-state index >= 15 is 0 Å². The molecule has 0 saturated carbocycles. The van der Waals surface area contributed by atoms with Crippen molar-refractivity contribution in [3.63, 3.8) is 0 Å². The van der Waals surface area contributed by atoms with E-state index in [-0.39, 0.29) is 12.5 Å². The summed E-state index contributed by atoms with van der Waals surface area (Å²) < 4.78 is 12.6. The molecule has 1 fully saturated rings. The fraction of sp³-hybridized carbons (Fsp3) is 0.429. The Bertz CT molecular complexity index is 554. The summed E-state index contributed by atoms with van der Waals surface area (Å²) in [5.41, 5.74) is 0.935. The zero-order valence-electron chi connectivity index (χ0n) is 12.0. The van der Waals surface area contributed by atoms with Crippen LogP contribution in [0.15, 0.2) is 21.1 Å². The van der Waals surface area contributed by atoms with E-state index in [1.807, 2.05) is 24.0 Å². The van der Waals surface area contributed by atoms with Gasteiger partial charge in [0.05, 0.1) is 17.7 Å². The lowest BCUT2D eigenvalue weighted by Gasteiger charge is -2.28.